The third-order valence-electron chi connectivity index (χ3n) is 21.1. The van der Waals surface area contributed by atoms with Crippen LogP contribution in [0.4, 0.5) is 0 Å². The maximum atomic E-state index is 12.9. The molecule has 0 radical (unpaired) electrons. The number of carbonyl (C=O) groups excluding carboxylic acids is 1. The molecule has 25 nitrogen and oxygen atoms in total. The van der Waals surface area contributed by atoms with E-state index in [-0.39, 0.29) is 34.5 Å². The number of aliphatic hydroxyl groups excluding tert-OH is 13. The van der Waals surface area contributed by atoms with Gasteiger partial charge in [-0.15, -0.1) is 0 Å². The molecule has 8 aliphatic rings. The van der Waals surface area contributed by atoms with Crippen LogP contribution in [0, 0.1) is 45.3 Å². The van der Waals surface area contributed by atoms with Crippen LogP contribution in [0.1, 0.15) is 120 Å². The Labute approximate surface area is 472 Å². The SMILES string of the molecule is CC(C)=CCC[C@](C)(O[C@H]1O[C@@H](CO[C@@H]2O[C@@H](CO)[C@H](O)[C@H]2O)[C@H](O)[C@@H](O)[C@@H]1O)[C@H]1CC[C@]2(C)[C@@H]1[C@H](O)C[C@@H]1[C@@]3(C)CC[C@H](O[C@@H]4O[C@H](CO)[C@@H](O)[C@H](O)[C@H]4O[C@H]4O[C@@H](COC(=O)CC(=O)O)[C@H](O)[C@@H](O)[C@@H]4O)C(C)(C)[C@H]3CC[C@]12C. The topological polar surface area (TPSA) is 400 Å². The van der Waals surface area contributed by atoms with Gasteiger partial charge < -0.3 is 114 Å². The third kappa shape index (κ3) is 12.0. The van der Waals surface area contributed by atoms with E-state index in [1.807, 2.05) is 20.8 Å². The zero-order valence-electron chi connectivity index (χ0n) is 47.7. The number of esters is 1. The minimum Gasteiger partial charge on any atom is -0.481 e. The van der Waals surface area contributed by atoms with Gasteiger partial charge in [-0.05, 0) is 124 Å². The van der Waals surface area contributed by atoms with Crippen molar-refractivity contribution in [3.8, 4) is 0 Å². The molecular formula is C56H92O25. The van der Waals surface area contributed by atoms with Gasteiger partial charge in [-0.25, -0.2) is 0 Å². The van der Waals surface area contributed by atoms with Crippen molar-refractivity contribution < 1.29 is 124 Å². The Balaban J connectivity index is 0.998. The predicted octanol–water partition coefficient (Wildman–Crippen LogP) is -1.54. The molecule has 4 aliphatic heterocycles. The molecule has 0 bridgehead atoms. The summed E-state index contributed by atoms with van der Waals surface area (Å²) in [6.45, 7) is 14.6. The first kappa shape index (κ1) is 64.8. The van der Waals surface area contributed by atoms with Gasteiger partial charge in [0, 0.05) is 0 Å². The number of fused-ring (bicyclic) bond motifs is 5. The lowest BCUT2D eigenvalue weighted by Crippen LogP contribution is -2.68. The second-order valence-corrected chi connectivity index (χ2v) is 26.3. The minimum absolute atomic E-state index is 0.00537. The molecule has 0 aromatic heterocycles. The van der Waals surface area contributed by atoms with Crippen LogP contribution in [0.5, 0.6) is 0 Å². The number of hydrogen-bond acceptors (Lipinski definition) is 24. The van der Waals surface area contributed by atoms with Gasteiger partial charge in [-0.1, -0.05) is 46.3 Å². The van der Waals surface area contributed by atoms with Gasteiger partial charge in [0.15, 0.2) is 25.2 Å². The van der Waals surface area contributed by atoms with Crippen molar-refractivity contribution in [1.82, 2.24) is 0 Å². The average Bonchev–Trinajstić information content (AvgIpc) is 2.15. The average molecular weight is 1170 g/mol. The Hall–Kier alpha value is -2.16. The molecule has 0 amide bonds. The first-order valence-electron chi connectivity index (χ1n) is 28.8. The second-order valence-electron chi connectivity index (χ2n) is 26.3. The van der Waals surface area contributed by atoms with Gasteiger partial charge >= 0.3 is 11.9 Å². The van der Waals surface area contributed by atoms with Crippen molar-refractivity contribution in [2.45, 2.75) is 254 Å². The largest absolute Gasteiger partial charge is 0.481 e. The number of carboxylic acids is 1. The lowest BCUT2D eigenvalue weighted by molar-refractivity contribution is -0.378. The molecule has 8 fully saturated rings. The van der Waals surface area contributed by atoms with E-state index in [9.17, 15) is 76.0 Å². The fourth-order valence-corrected chi connectivity index (χ4v) is 16.4. The number of ether oxygens (including phenoxy) is 9. The monoisotopic (exact) mass is 1160 g/mol. The third-order valence-corrected chi connectivity index (χ3v) is 21.1. The molecule has 25 heteroatoms. The molecule has 14 N–H and O–H groups in total. The van der Waals surface area contributed by atoms with E-state index in [1.165, 1.54) is 0 Å². The standard InChI is InChI=1S/C56H92O25/c1-24(2)10-9-14-56(8,81-50-46(72)42(68)40(66)30(78-50)23-74-48-44(70)38(64)28(21-58)75-48)25-11-16-55(7)36(25)26(59)18-32-53(5)15-13-33(52(3,4)31(53)12-17-54(32,55)6)79-51-47(43(69)37(63)27(20-57)76-51)80-49-45(71)41(67)39(65)29(77-49)22-73-35(62)19-34(60)61/h10,25-33,36-51,57-59,63-72H,9,11-23H2,1-8H3,(H,60,61)/t25-,26+,27+,28-,29-,30-,31+,32+,33-,36-,37+,38-,39-,40-,41+,42+,43-,44+,45-,46-,47+,48+,49+,50+,51-,53-,54+,55+,56-/m0/s1. The van der Waals surface area contributed by atoms with E-state index >= 15 is 0 Å². The first-order valence-corrected chi connectivity index (χ1v) is 28.8. The van der Waals surface area contributed by atoms with Crippen molar-refractivity contribution in [3.05, 3.63) is 11.6 Å². The molecule has 0 unspecified atom stereocenters. The number of hydrogen-bond donors (Lipinski definition) is 14. The molecule has 0 aromatic carbocycles. The quantitative estimate of drug-likeness (QED) is 0.0302. The van der Waals surface area contributed by atoms with E-state index in [2.05, 4.69) is 40.7 Å². The molecule has 8 rings (SSSR count). The van der Waals surface area contributed by atoms with E-state index < -0.39 is 190 Å². The van der Waals surface area contributed by atoms with Crippen LogP contribution in [0.15, 0.2) is 11.6 Å². The van der Waals surface area contributed by atoms with Crippen LogP contribution in [-0.4, -0.2) is 244 Å². The van der Waals surface area contributed by atoms with E-state index in [4.69, 9.17) is 47.7 Å². The van der Waals surface area contributed by atoms with Gasteiger partial charge in [0.25, 0.3) is 0 Å². The Morgan fingerprint density at radius 3 is 1.77 bits per heavy atom. The van der Waals surface area contributed by atoms with Crippen LogP contribution in [-0.2, 0) is 52.2 Å². The Kier molecular flexibility index (Phi) is 19.9. The Morgan fingerprint density at radius 2 is 1.15 bits per heavy atom. The molecule has 466 valence electrons. The number of carbonyl (C=O) groups is 2. The number of rotatable bonds is 19. The van der Waals surface area contributed by atoms with Crippen LogP contribution in [0.25, 0.3) is 0 Å². The minimum atomic E-state index is -1.95. The summed E-state index contributed by atoms with van der Waals surface area (Å²) in [5.74, 6) is -3.18. The summed E-state index contributed by atoms with van der Waals surface area (Å²) in [4.78, 5) is 23.0. The fraction of sp³-hybridized carbons (Fsp3) is 0.929. The van der Waals surface area contributed by atoms with Gasteiger partial charge in [-0.2, -0.15) is 0 Å². The summed E-state index contributed by atoms with van der Waals surface area (Å²) in [7, 11) is 0. The Bertz CT molecular complexity index is 2180. The number of aliphatic hydroxyl groups is 13. The summed E-state index contributed by atoms with van der Waals surface area (Å²) in [6, 6.07) is 0. The van der Waals surface area contributed by atoms with E-state index in [0.29, 0.717) is 38.5 Å². The summed E-state index contributed by atoms with van der Waals surface area (Å²) in [6.07, 6.45) is -25.1. The molecule has 29 atom stereocenters. The number of aliphatic carboxylic acids is 1. The molecule has 4 aliphatic carbocycles. The normalized spacial score (nSPS) is 49.4. The maximum absolute atomic E-state index is 12.9. The smallest absolute Gasteiger partial charge is 0.317 e. The predicted molar refractivity (Wildman–Crippen MR) is 276 cm³/mol. The van der Waals surface area contributed by atoms with Crippen molar-refractivity contribution >= 4 is 11.9 Å². The van der Waals surface area contributed by atoms with Gasteiger partial charge in [0.1, 0.15) is 105 Å². The number of allylic oxidation sites excluding steroid dienone is 2. The summed E-state index contributed by atoms with van der Waals surface area (Å²) < 4.78 is 54.0. The molecule has 4 saturated carbocycles. The highest BCUT2D eigenvalue weighted by Gasteiger charge is 2.72. The molecule has 4 heterocycles. The highest BCUT2D eigenvalue weighted by Crippen LogP contribution is 2.76. The molecule has 81 heavy (non-hydrogen) atoms. The summed E-state index contributed by atoms with van der Waals surface area (Å²) >= 11 is 0. The van der Waals surface area contributed by atoms with Crippen LogP contribution in [0.3, 0.4) is 0 Å². The summed E-state index contributed by atoms with van der Waals surface area (Å²) in [5, 5.41) is 151. The number of carboxylic acid groups (broad SMARTS) is 1. The lowest BCUT2D eigenvalue weighted by atomic mass is 9.35. The van der Waals surface area contributed by atoms with Crippen LogP contribution in [0.2, 0.25) is 0 Å². The van der Waals surface area contributed by atoms with Crippen molar-refractivity contribution in [1.29, 1.82) is 0 Å². The molecule has 0 spiro atoms. The summed E-state index contributed by atoms with van der Waals surface area (Å²) in [5.41, 5.74) is -1.72. The van der Waals surface area contributed by atoms with Gasteiger partial charge in [0.05, 0.1) is 37.6 Å². The molecule has 4 saturated heterocycles. The van der Waals surface area contributed by atoms with Gasteiger partial charge in [-0.3, -0.25) is 9.59 Å². The zero-order valence-corrected chi connectivity index (χ0v) is 47.7. The van der Waals surface area contributed by atoms with E-state index in [0.717, 1.165) is 24.8 Å². The maximum Gasteiger partial charge on any atom is 0.317 e. The second kappa shape index (κ2) is 24.9. The van der Waals surface area contributed by atoms with Crippen LogP contribution < -0.4 is 0 Å². The van der Waals surface area contributed by atoms with Crippen molar-refractivity contribution in [3.63, 3.8) is 0 Å². The van der Waals surface area contributed by atoms with Crippen molar-refractivity contribution in [2.75, 3.05) is 26.4 Å². The highest BCUT2D eigenvalue weighted by molar-refractivity contribution is 5.90. The first-order chi connectivity index (χ1) is 37.9. The fourth-order valence-electron chi connectivity index (χ4n) is 16.4. The highest BCUT2D eigenvalue weighted by atomic mass is 16.8. The Morgan fingerprint density at radius 1 is 0.605 bits per heavy atom. The zero-order chi connectivity index (χ0) is 59.6. The lowest BCUT2D eigenvalue weighted by Gasteiger charge is -2.71. The molecular weight excluding hydrogens is 1070 g/mol. The van der Waals surface area contributed by atoms with Gasteiger partial charge in [0.2, 0.25) is 0 Å². The molecule has 0 aromatic rings. The van der Waals surface area contributed by atoms with Crippen molar-refractivity contribution in [2.24, 2.45) is 45.3 Å². The van der Waals surface area contributed by atoms with E-state index in [1.54, 1.807) is 0 Å². The van der Waals surface area contributed by atoms with Crippen LogP contribution >= 0.6 is 0 Å².